The van der Waals surface area contributed by atoms with E-state index < -0.39 is 0 Å². The molecule has 2 aliphatic rings. The summed E-state index contributed by atoms with van der Waals surface area (Å²) in [6.07, 6.45) is 5.32. The summed E-state index contributed by atoms with van der Waals surface area (Å²) in [4.78, 5) is 15.0. The van der Waals surface area contributed by atoms with E-state index in [0.29, 0.717) is 0 Å². The molecule has 0 unspecified atom stereocenters. The standard InChI is InChI=1S/C16H22N2OS/c1-11(19)17-12-4-3-5-15(8-12)20-16-9-13-6-7-14(10-16)18(13)2/h3-5,8,13-14,16H,6-7,9-10H2,1-2H3,(H,17,19)/t13-,14+,16-. The van der Waals surface area contributed by atoms with Crippen LogP contribution in [0.5, 0.6) is 0 Å². The van der Waals surface area contributed by atoms with Crippen molar-refractivity contribution in [2.75, 3.05) is 12.4 Å². The van der Waals surface area contributed by atoms with Crippen LogP contribution in [-0.2, 0) is 4.79 Å². The number of amides is 1. The fraction of sp³-hybridized carbons (Fsp3) is 0.562. The number of fused-ring (bicyclic) bond motifs is 2. The van der Waals surface area contributed by atoms with Gasteiger partial charge in [0.2, 0.25) is 5.91 Å². The maximum absolute atomic E-state index is 11.1. The minimum absolute atomic E-state index is 0.00974. The highest BCUT2D eigenvalue weighted by atomic mass is 32.2. The van der Waals surface area contributed by atoms with E-state index in [0.717, 1.165) is 23.0 Å². The molecule has 2 aliphatic heterocycles. The Bertz CT molecular complexity index is 491. The fourth-order valence-electron chi connectivity index (χ4n) is 3.50. The lowest BCUT2D eigenvalue weighted by atomic mass is 10.0. The molecule has 0 saturated carbocycles. The summed E-state index contributed by atoms with van der Waals surface area (Å²) >= 11 is 1.98. The molecule has 0 spiro atoms. The number of thioether (sulfide) groups is 1. The molecule has 0 aromatic heterocycles. The first-order chi connectivity index (χ1) is 9.61. The van der Waals surface area contributed by atoms with E-state index in [-0.39, 0.29) is 5.91 Å². The smallest absolute Gasteiger partial charge is 0.221 e. The van der Waals surface area contributed by atoms with Gasteiger partial charge in [0.1, 0.15) is 0 Å². The van der Waals surface area contributed by atoms with Crippen molar-refractivity contribution in [2.45, 2.75) is 54.8 Å². The third kappa shape index (κ3) is 3.01. The van der Waals surface area contributed by atoms with Crippen molar-refractivity contribution in [2.24, 2.45) is 0 Å². The van der Waals surface area contributed by atoms with Gasteiger partial charge in [-0.05, 0) is 50.9 Å². The highest BCUT2D eigenvalue weighted by Gasteiger charge is 2.38. The molecule has 108 valence electrons. The van der Waals surface area contributed by atoms with E-state index in [1.54, 1.807) is 6.92 Å². The van der Waals surface area contributed by atoms with Gasteiger partial charge in [-0.25, -0.2) is 0 Å². The Hall–Kier alpha value is -1.00. The molecule has 2 fully saturated rings. The SMILES string of the molecule is CC(=O)Nc1cccc(S[C@@H]2C[C@H]3CC[C@@H](C2)N3C)c1. The number of carbonyl (C=O) groups excluding carboxylic acids is 1. The molecule has 3 rings (SSSR count). The van der Waals surface area contributed by atoms with E-state index in [1.807, 2.05) is 23.9 Å². The Balaban J connectivity index is 1.65. The van der Waals surface area contributed by atoms with Crippen molar-refractivity contribution in [1.29, 1.82) is 0 Å². The molecular formula is C16H22N2OS. The molecule has 2 saturated heterocycles. The highest BCUT2D eigenvalue weighted by Crippen LogP contribution is 2.41. The van der Waals surface area contributed by atoms with Gasteiger partial charge in [0.15, 0.2) is 0 Å². The molecule has 4 heteroatoms. The van der Waals surface area contributed by atoms with Crippen LogP contribution >= 0.6 is 11.8 Å². The van der Waals surface area contributed by atoms with Crippen LogP contribution in [0.4, 0.5) is 5.69 Å². The maximum atomic E-state index is 11.1. The van der Waals surface area contributed by atoms with Gasteiger partial charge >= 0.3 is 0 Å². The summed E-state index contributed by atoms with van der Waals surface area (Å²) in [6, 6.07) is 9.78. The molecule has 2 bridgehead atoms. The Morgan fingerprint density at radius 2 is 2.00 bits per heavy atom. The summed E-state index contributed by atoms with van der Waals surface area (Å²) in [6.45, 7) is 1.55. The molecule has 3 nitrogen and oxygen atoms in total. The van der Waals surface area contributed by atoms with E-state index in [1.165, 1.54) is 30.6 Å². The lowest BCUT2D eigenvalue weighted by molar-refractivity contribution is -0.114. The first-order valence-corrected chi connectivity index (χ1v) is 8.26. The minimum atomic E-state index is -0.00974. The predicted octanol–water partition coefficient (Wildman–Crippen LogP) is 3.36. The summed E-state index contributed by atoms with van der Waals surface area (Å²) in [7, 11) is 2.28. The largest absolute Gasteiger partial charge is 0.326 e. The number of nitrogens with zero attached hydrogens (tertiary/aromatic N) is 1. The van der Waals surface area contributed by atoms with Crippen molar-refractivity contribution in [1.82, 2.24) is 4.90 Å². The number of nitrogens with one attached hydrogen (secondary N) is 1. The second-order valence-corrected chi connectivity index (χ2v) is 7.34. The van der Waals surface area contributed by atoms with Gasteiger partial charge in [-0.2, -0.15) is 0 Å². The number of hydrogen-bond donors (Lipinski definition) is 1. The van der Waals surface area contributed by atoms with E-state index in [9.17, 15) is 4.79 Å². The lowest BCUT2D eigenvalue weighted by Crippen LogP contribution is -2.40. The lowest BCUT2D eigenvalue weighted by Gasteiger charge is -2.36. The Kier molecular flexibility index (Phi) is 4.03. The average molecular weight is 290 g/mol. The van der Waals surface area contributed by atoms with Crippen molar-refractivity contribution in [3.63, 3.8) is 0 Å². The van der Waals surface area contributed by atoms with Crippen molar-refractivity contribution in [3.8, 4) is 0 Å². The summed E-state index contributed by atoms with van der Waals surface area (Å²) in [5.41, 5.74) is 0.901. The summed E-state index contributed by atoms with van der Waals surface area (Å²) in [5.74, 6) is -0.00974. The van der Waals surface area contributed by atoms with Crippen LogP contribution in [-0.4, -0.2) is 35.2 Å². The molecule has 1 aromatic carbocycles. The van der Waals surface area contributed by atoms with E-state index in [4.69, 9.17) is 0 Å². The zero-order chi connectivity index (χ0) is 14.1. The van der Waals surface area contributed by atoms with Crippen LogP contribution in [0, 0.1) is 0 Å². The van der Waals surface area contributed by atoms with Gasteiger partial charge in [-0.3, -0.25) is 4.79 Å². The first-order valence-electron chi connectivity index (χ1n) is 7.38. The van der Waals surface area contributed by atoms with Crippen LogP contribution in [0.2, 0.25) is 0 Å². The zero-order valence-electron chi connectivity index (χ0n) is 12.1. The number of piperidine rings is 1. The summed E-state index contributed by atoms with van der Waals surface area (Å²) < 4.78 is 0. The van der Waals surface area contributed by atoms with Crippen molar-refractivity contribution >= 4 is 23.4 Å². The molecule has 20 heavy (non-hydrogen) atoms. The van der Waals surface area contributed by atoms with Gasteiger partial charge in [0.25, 0.3) is 0 Å². The highest BCUT2D eigenvalue weighted by molar-refractivity contribution is 8.00. The average Bonchev–Trinajstić information content (AvgIpc) is 2.61. The molecule has 3 atom stereocenters. The Morgan fingerprint density at radius 1 is 1.30 bits per heavy atom. The third-order valence-corrected chi connectivity index (χ3v) is 5.76. The van der Waals surface area contributed by atoms with Crippen molar-refractivity contribution in [3.05, 3.63) is 24.3 Å². The molecular weight excluding hydrogens is 268 g/mol. The molecule has 0 aliphatic carbocycles. The topological polar surface area (TPSA) is 32.3 Å². The molecule has 2 heterocycles. The van der Waals surface area contributed by atoms with Crippen LogP contribution < -0.4 is 5.32 Å². The number of anilines is 1. The second-order valence-electron chi connectivity index (χ2n) is 5.97. The molecule has 0 radical (unpaired) electrons. The number of hydrogen-bond acceptors (Lipinski definition) is 3. The van der Waals surface area contributed by atoms with Crippen LogP contribution in [0.3, 0.4) is 0 Å². The quantitative estimate of drug-likeness (QED) is 0.926. The van der Waals surface area contributed by atoms with E-state index >= 15 is 0 Å². The maximum Gasteiger partial charge on any atom is 0.221 e. The van der Waals surface area contributed by atoms with Gasteiger partial charge in [-0.15, -0.1) is 11.8 Å². The van der Waals surface area contributed by atoms with E-state index in [2.05, 4.69) is 29.4 Å². The third-order valence-electron chi connectivity index (χ3n) is 4.51. The van der Waals surface area contributed by atoms with Crippen molar-refractivity contribution < 1.29 is 4.79 Å². The van der Waals surface area contributed by atoms with Crippen LogP contribution in [0.15, 0.2) is 29.2 Å². The Morgan fingerprint density at radius 3 is 2.65 bits per heavy atom. The normalized spacial score (nSPS) is 29.4. The number of rotatable bonds is 3. The zero-order valence-corrected chi connectivity index (χ0v) is 13.0. The first kappa shape index (κ1) is 14.0. The molecule has 1 N–H and O–H groups in total. The van der Waals surface area contributed by atoms with Gasteiger partial charge in [0.05, 0.1) is 0 Å². The van der Waals surface area contributed by atoms with Gasteiger partial charge < -0.3 is 10.2 Å². The van der Waals surface area contributed by atoms with Crippen LogP contribution in [0.1, 0.15) is 32.6 Å². The monoisotopic (exact) mass is 290 g/mol. The Labute approximate surface area is 125 Å². The number of benzene rings is 1. The summed E-state index contributed by atoms with van der Waals surface area (Å²) in [5, 5.41) is 3.58. The van der Waals surface area contributed by atoms with Crippen LogP contribution in [0.25, 0.3) is 0 Å². The minimum Gasteiger partial charge on any atom is -0.326 e. The molecule has 1 amide bonds. The fourth-order valence-corrected chi connectivity index (χ4v) is 4.87. The van der Waals surface area contributed by atoms with Gasteiger partial charge in [0, 0.05) is 34.8 Å². The second kappa shape index (κ2) is 5.78. The predicted molar refractivity (Wildman–Crippen MR) is 84.2 cm³/mol. The number of carbonyl (C=O) groups is 1. The van der Waals surface area contributed by atoms with Gasteiger partial charge in [-0.1, -0.05) is 6.07 Å². The molecule has 1 aromatic rings.